The van der Waals surface area contributed by atoms with Gasteiger partial charge in [-0.2, -0.15) is 0 Å². The number of carbonyl (C=O) groups is 1. The second kappa shape index (κ2) is 7.23. The van der Waals surface area contributed by atoms with Crippen LogP contribution >= 0.6 is 0 Å². The molecule has 0 unspecified atom stereocenters. The van der Waals surface area contributed by atoms with E-state index < -0.39 is 0 Å². The maximum absolute atomic E-state index is 12.4. The predicted octanol–water partition coefficient (Wildman–Crippen LogP) is 2.78. The molecule has 1 N–H and O–H groups in total. The number of rotatable bonds is 3. The molecule has 0 aliphatic carbocycles. The van der Waals surface area contributed by atoms with Gasteiger partial charge in [0, 0.05) is 49.2 Å². The van der Waals surface area contributed by atoms with Gasteiger partial charge in [-0.1, -0.05) is 33.8 Å². The third kappa shape index (κ3) is 3.98. The largest absolute Gasteiger partial charge is 0.340 e. The molecule has 3 rings (SSSR count). The molecule has 140 valence electrons. The molecule has 1 aromatic heterocycles. The number of fused-ring (bicyclic) bond motifs is 1. The fourth-order valence-corrected chi connectivity index (χ4v) is 3.46. The second-order valence-corrected chi connectivity index (χ2v) is 8.22. The number of aromatic nitrogens is 1. The van der Waals surface area contributed by atoms with Crippen molar-refractivity contribution in [1.29, 1.82) is 0 Å². The summed E-state index contributed by atoms with van der Waals surface area (Å²) >= 11 is 0. The van der Waals surface area contributed by atoms with Gasteiger partial charge in [0.15, 0.2) is 0 Å². The first-order chi connectivity index (χ1) is 12.3. The van der Waals surface area contributed by atoms with E-state index in [1.54, 1.807) is 0 Å². The molecule has 0 atom stereocenters. The molecule has 1 amide bonds. The summed E-state index contributed by atoms with van der Waals surface area (Å²) in [5.41, 5.74) is 2.59. The Bertz CT molecular complexity index is 856. The molecule has 2 heterocycles. The van der Waals surface area contributed by atoms with Crippen LogP contribution in [0, 0.1) is 5.41 Å². The summed E-state index contributed by atoms with van der Waals surface area (Å²) in [7, 11) is 0. The number of pyridine rings is 1. The van der Waals surface area contributed by atoms with Crippen molar-refractivity contribution in [2.75, 3.05) is 26.2 Å². The number of H-pyrrole nitrogens is 1. The van der Waals surface area contributed by atoms with Gasteiger partial charge in [-0.3, -0.25) is 14.5 Å². The number of hydrogen-bond acceptors (Lipinski definition) is 3. The maximum Gasteiger partial charge on any atom is 0.252 e. The third-order valence-electron chi connectivity index (χ3n) is 5.09. The molecule has 5 nitrogen and oxygen atoms in total. The fourth-order valence-electron chi connectivity index (χ4n) is 3.46. The Morgan fingerprint density at radius 2 is 1.81 bits per heavy atom. The lowest BCUT2D eigenvalue weighted by Gasteiger charge is -2.37. The molecular weight excluding hydrogens is 326 g/mol. The Kier molecular flexibility index (Phi) is 5.19. The molecule has 0 spiro atoms. The molecule has 1 aliphatic heterocycles. The summed E-state index contributed by atoms with van der Waals surface area (Å²) in [5.74, 6) is 0.202. The van der Waals surface area contributed by atoms with Crippen LogP contribution in [0.4, 0.5) is 0 Å². The monoisotopic (exact) mass is 355 g/mol. The highest BCUT2D eigenvalue weighted by Gasteiger charge is 2.29. The molecule has 0 bridgehead atoms. The van der Waals surface area contributed by atoms with Gasteiger partial charge in [0.25, 0.3) is 5.56 Å². The molecule has 0 saturated carbocycles. The SMILES string of the molecule is CCc1ccc2[nH]c(=O)c(CN3CCN(C(=O)C(C)(C)C)CC3)cc2c1. The highest BCUT2D eigenvalue weighted by Crippen LogP contribution is 2.19. The molecule has 1 aliphatic rings. The lowest BCUT2D eigenvalue weighted by molar-refractivity contribution is -0.141. The van der Waals surface area contributed by atoms with Crippen LogP contribution in [0.2, 0.25) is 0 Å². The van der Waals surface area contributed by atoms with Crippen LogP contribution in [0.25, 0.3) is 10.9 Å². The van der Waals surface area contributed by atoms with E-state index in [1.165, 1.54) is 5.56 Å². The summed E-state index contributed by atoms with van der Waals surface area (Å²) in [6, 6.07) is 8.20. The van der Waals surface area contributed by atoms with Crippen LogP contribution in [0.1, 0.15) is 38.8 Å². The zero-order chi connectivity index (χ0) is 18.9. The van der Waals surface area contributed by atoms with Crippen molar-refractivity contribution in [1.82, 2.24) is 14.8 Å². The number of hydrogen-bond donors (Lipinski definition) is 1. The van der Waals surface area contributed by atoms with Crippen molar-refractivity contribution in [2.24, 2.45) is 5.41 Å². The zero-order valence-corrected chi connectivity index (χ0v) is 16.3. The summed E-state index contributed by atoms with van der Waals surface area (Å²) in [6.07, 6.45) is 0.980. The van der Waals surface area contributed by atoms with E-state index in [-0.39, 0.29) is 16.9 Å². The van der Waals surface area contributed by atoms with Crippen molar-refractivity contribution in [3.05, 3.63) is 45.7 Å². The molecule has 1 aromatic carbocycles. The smallest absolute Gasteiger partial charge is 0.252 e. The minimum atomic E-state index is -0.339. The fraction of sp³-hybridized carbons (Fsp3) is 0.524. The van der Waals surface area contributed by atoms with Crippen LogP contribution in [0.15, 0.2) is 29.1 Å². The molecule has 2 aromatic rings. The van der Waals surface area contributed by atoms with Gasteiger partial charge in [0.2, 0.25) is 5.91 Å². The summed E-state index contributed by atoms with van der Waals surface area (Å²) in [4.78, 5) is 32.0. The molecule has 1 saturated heterocycles. The Labute approximate surface area is 155 Å². The number of nitrogens with one attached hydrogen (secondary N) is 1. The van der Waals surface area contributed by atoms with E-state index in [0.717, 1.165) is 49.1 Å². The topological polar surface area (TPSA) is 56.4 Å². The molecule has 5 heteroatoms. The van der Waals surface area contributed by atoms with Gasteiger partial charge in [0.1, 0.15) is 0 Å². The number of piperazine rings is 1. The minimum absolute atomic E-state index is 0.0186. The van der Waals surface area contributed by atoms with Crippen molar-refractivity contribution in [2.45, 2.75) is 40.7 Å². The van der Waals surface area contributed by atoms with Crippen LogP contribution in [-0.2, 0) is 17.8 Å². The first-order valence-corrected chi connectivity index (χ1v) is 9.44. The van der Waals surface area contributed by atoms with E-state index in [0.29, 0.717) is 6.54 Å². The van der Waals surface area contributed by atoms with Crippen molar-refractivity contribution >= 4 is 16.8 Å². The van der Waals surface area contributed by atoms with Gasteiger partial charge >= 0.3 is 0 Å². The van der Waals surface area contributed by atoms with Crippen LogP contribution in [0.3, 0.4) is 0 Å². The number of benzene rings is 1. The Balaban J connectivity index is 1.71. The molecule has 1 fully saturated rings. The maximum atomic E-state index is 12.4. The van der Waals surface area contributed by atoms with E-state index in [1.807, 2.05) is 37.8 Å². The number of aromatic amines is 1. The van der Waals surface area contributed by atoms with E-state index >= 15 is 0 Å². The first kappa shape index (κ1) is 18.6. The zero-order valence-electron chi connectivity index (χ0n) is 16.3. The Morgan fingerprint density at radius 1 is 1.12 bits per heavy atom. The minimum Gasteiger partial charge on any atom is -0.340 e. The predicted molar refractivity (Wildman–Crippen MR) is 105 cm³/mol. The van der Waals surface area contributed by atoms with Crippen LogP contribution in [-0.4, -0.2) is 46.9 Å². The van der Waals surface area contributed by atoms with Crippen molar-refractivity contribution in [3.63, 3.8) is 0 Å². The highest BCUT2D eigenvalue weighted by atomic mass is 16.2. The number of carbonyl (C=O) groups excluding carboxylic acids is 1. The van der Waals surface area contributed by atoms with Gasteiger partial charge < -0.3 is 9.88 Å². The van der Waals surface area contributed by atoms with Crippen molar-refractivity contribution in [3.8, 4) is 0 Å². The van der Waals surface area contributed by atoms with Gasteiger partial charge in [0.05, 0.1) is 0 Å². The lowest BCUT2D eigenvalue weighted by Crippen LogP contribution is -2.51. The van der Waals surface area contributed by atoms with E-state index in [9.17, 15) is 9.59 Å². The standard InChI is InChI=1S/C21H29N3O2/c1-5-15-6-7-18-16(12-15)13-17(19(25)22-18)14-23-8-10-24(11-9-23)20(26)21(2,3)4/h6-7,12-13H,5,8-11,14H2,1-4H3,(H,22,25). The second-order valence-electron chi connectivity index (χ2n) is 8.22. The summed E-state index contributed by atoms with van der Waals surface area (Å²) < 4.78 is 0. The van der Waals surface area contributed by atoms with Crippen LogP contribution in [0.5, 0.6) is 0 Å². The molecule has 26 heavy (non-hydrogen) atoms. The average molecular weight is 355 g/mol. The van der Waals surface area contributed by atoms with Gasteiger partial charge in [-0.25, -0.2) is 0 Å². The lowest BCUT2D eigenvalue weighted by atomic mass is 9.94. The van der Waals surface area contributed by atoms with E-state index in [4.69, 9.17) is 0 Å². The molecular formula is C21H29N3O2. The van der Waals surface area contributed by atoms with Gasteiger partial charge in [-0.15, -0.1) is 0 Å². The number of aryl methyl sites for hydroxylation is 1. The number of nitrogens with zero attached hydrogens (tertiary/aromatic N) is 2. The van der Waals surface area contributed by atoms with Crippen molar-refractivity contribution < 1.29 is 4.79 Å². The Hall–Kier alpha value is -2.14. The average Bonchev–Trinajstić information content (AvgIpc) is 2.61. The quantitative estimate of drug-likeness (QED) is 0.921. The number of amides is 1. The highest BCUT2D eigenvalue weighted by molar-refractivity contribution is 5.81. The normalized spacial score (nSPS) is 16.2. The van der Waals surface area contributed by atoms with E-state index in [2.05, 4.69) is 28.9 Å². The third-order valence-corrected chi connectivity index (χ3v) is 5.09. The van der Waals surface area contributed by atoms with Gasteiger partial charge in [-0.05, 0) is 35.6 Å². The molecule has 0 radical (unpaired) electrons. The summed E-state index contributed by atoms with van der Waals surface area (Å²) in [5, 5.41) is 1.08. The van der Waals surface area contributed by atoms with Crippen LogP contribution < -0.4 is 5.56 Å². The summed E-state index contributed by atoms with van der Waals surface area (Å²) in [6.45, 7) is 11.7. The Morgan fingerprint density at radius 3 is 2.42 bits per heavy atom. The first-order valence-electron chi connectivity index (χ1n) is 9.44.